The van der Waals surface area contributed by atoms with Crippen LogP contribution < -0.4 is 0 Å². The smallest absolute Gasteiger partial charge is 0.112 e. The number of aliphatic hydroxyl groups is 1. The molecule has 0 radical (unpaired) electrons. The number of allylic oxidation sites excluding steroid dienone is 4. The lowest BCUT2D eigenvalue weighted by Crippen LogP contribution is -1.96. The van der Waals surface area contributed by atoms with Gasteiger partial charge in [-0.1, -0.05) is 43.0 Å². The molecule has 0 amide bonds. The van der Waals surface area contributed by atoms with Gasteiger partial charge in [0, 0.05) is 0 Å². The second-order valence-corrected chi connectivity index (χ2v) is 5.01. The van der Waals surface area contributed by atoms with Gasteiger partial charge in [-0.15, -0.1) is 0 Å². The second-order valence-electron chi connectivity index (χ2n) is 5.01. The van der Waals surface area contributed by atoms with E-state index in [0.29, 0.717) is 5.76 Å². The number of ether oxygens (including phenoxy) is 1. The maximum atomic E-state index is 8.69. The van der Waals surface area contributed by atoms with Crippen molar-refractivity contribution in [2.45, 2.75) is 25.7 Å². The molecule has 0 atom stereocenters. The van der Waals surface area contributed by atoms with Crippen LogP contribution >= 0.6 is 0 Å². The van der Waals surface area contributed by atoms with Gasteiger partial charge in [0.1, 0.15) is 12.4 Å². The van der Waals surface area contributed by atoms with Gasteiger partial charge in [-0.25, -0.2) is 0 Å². The van der Waals surface area contributed by atoms with Crippen LogP contribution in [0, 0.1) is 0 Å². The van der Waals surface area contributed by atoms with Crippen molar-refractivity contribution in [1.82, 2.24) is 0 Å². The summed E-state index contributed by atoms with van der Waals surface area (Å²) in [4.78, 5) is 0. The van der Waals surface area contributed by atoms with Crippen LogP contribution in [0.5, 0.6) is 0 Å². The number of aliphatic hydroxyl groups excluding tert-OH is 1. The first kappa shape index (κ1) is 14.6. The number of hydrogen-bond donors (Lipinski definition) is 1. The van der Waals surface area contributed by atoms with E-state index >= 15 is 0 Å². The monoisotopic (exact) mass is 270 g/mol. The molecule has 0 unspecified atom stereocenters. The molecule has 2 nitrogen and oxygen atoms in total. The van der Waals surface area contributed by atoms with E-state index in [1.54, 1.807) is 0 Å². The van der Waals surface area contributed by atoms with Crippen molar-refractivity contribution in [2.75, 3.05) is 13.2 Å². The van der Waals surface area contributed by atoms with Gasteiger partial charge in [0.05, 0.1) is 6.61 Å². The molecule has 1 aromatic carbocycles. The fourth-order valence-electron chi connectivity index (χ4n) is 2.13. The van der Waals surface area contributed by atoms with E-state index in [1.807, 2.05) is 19.1 Å². The van der Waals surface area contributed by atoms with Crippen molar-refractivity contribution < 1.29 is 9.84 Å². The quantitative estimate of drug-likeness (QED) is 0.598. The van der Waals surface area contributed by atoms with Crippen LogP contribution in [0.15, 0.2) is 54.8 Å². The van der Waals surface area contributed by atoms with Crippen LogP contribution in [0.1, 0.15) is 36.8 Å². The highest BCUT2D eigenvalue weighted by Crippen LogP contribution is 2.40. The third kappa shape index (κ3) is 4.10. The van der Waals surface area contributed by atoms with E-state index in [-0.39, 0.29) is 13.2 Å². The Kier molecular flexibility index (Phi) is 5.19. The minimum Gasteiger partial charge on any atom is -0.492 e. The highest BCUT2D eigenvalue weighted by atomic mass is 16.5. The molecule has 0 heterocycles. The van der Waals surface area contributed by atoms with Crippen molar-refractivity contribution >= 4 is 5.57 Å². The molecule has 1 aliphatic carbocycles. The Morgan fingerprint density at radius 1 is 1.30 bits per heavy atom. The fourth-order valence-corrected chi connectivity index (χ4v) is 2.13. The number of hydrogen-bond acceptors (Lipinski definition) is 2. The molecule has 1 N–H and O–H groups in total. The van der Waals surface area contributed by atoms with Crippen molar-refractivity contribution in [3.05, 3.63) is 66.0 Å². The Morgan fingerprint density at radius 3 is 2.55 bits per heavy atom. The van der Waals surface area contributed by atoms with Crippen LogP contribution in [0.25, 0.3) is 5.57 Å². The summed E-state index contributed by atoms with van der Waals surface area (Å²) >= 11 is 0. The SMILES string of the molecule is C=C(/C=C\C(=C/C)c1ccc(C2CC2)cc1)OCCO. The Bertz CT molecular complexity index is 505. The molecule has 0 bridgehead atoms. The number of rotatable bonds is 7. The molecule has 1 saturated carbocycles. The molecular formula is C18H22O2. The molecule has 0 spiro atoms. The van der Waals surface area contributed by atoms with E-state index in [1.165, 1.54) is 24.0 Å². The van der Waals surface area contributed by atoms with Gasteiger partial charge in [-0.3, -0.25) is 0 Å². The summed E-state index contributed by atoms with van der Waals surface area (Å²) in [6, 6.07) is 8.79. The van der Waals surface area contributed by atoms with Crippen molar-refractivity contribution in [3.63, 3.8) is 0 Å². The summed E-state index contributed by atoms with van der Waals surface area (Å²) in [5.74, 6) is 1.35. The maximum Gasteiger partial charge on any atom is 0.112 e. The van der Waals surface area contributed by atoms with Crippen molar-refractivity contribution in [3.8, 4) is 0 Å². The maximum absolute atomic E-state index is 8.69. The molecule has 1 aromatic rings. The third-order valence-electron chi connectivity index (χ3n) is 3.43. The van der Waals surface area contributed by atoms with Gasteiger partial charge >= 0.3 is 0 Å². The number of benzene rings is 1. The molecule has 1 fully saturated rings. The molecule has 0 saturated heterocycles. The average molecular weight is 270 g/mol. The van der Waals surface area contributed by atoms with Gasteiger partial charge < -0.3 is 9.84 Å². The minimum atomic E-state index is 0.00592. The summed E-state index contributed by atoms with van der Waals surface area (Å²) in [6.45, 7) is 6.10. The van der Waals surface area contributed by atoms with Gasteiger partial charge in [-0.05, 0) is 48.5 Å². The molecule has 0 aliphatic heterocycles. The predicted molar refractivity (Wildman–Crippen MR) is 83.4 cm³/mol. The van der Waals surface area contributed by atoms with E-state index in [0.717, 1.165) is 11.5 Å². The lowest BCUT2D eigenvalue weighted by molar-refractivity contribution is 0.153. The fraction of sp³-hybridized carbons (Fsp3) is 0.333. The minimum absolute atomic E-state index is 0.00592. The first-order valence-corrected chi connectivity index (χ1v) is 7.12. The molecule has 0 aromatic heterocycles. The average Bonchev–Trinajstić information content (AvgIpc) is 3.31. The lowest BCUT2D eigenvalue weighted by Gasteiger charge is -2.06. The van der Waals surface area contributed by atoms with Gasteiger partial charge in [0.15, 0.2) is 0 Å². The molecule has 2 rings (SSSR count). The molecule has 1 aliphatic rings. The molecule has 20 heavy (non-hydrogen) atoms. The summed E-state index contributed by atoms with van der Waals surface area (Å²) < 4.78 is 5.22. The normalized spacial score (nSPS) is 15.6. The van der Waals surface area contributed by atoms with Crippen molar-refractivity contribution in [2.24, 2.45) is 0 Å². The zero-order chi connectivity index (χ0) is 14.4. The largest absolute Gasteiger partial charge is 0.492 e. The Morgan fingerprint density at radius 2 is 2.00 bits per heavy atom. The van der Waals surface area contributed by atoms with Gasteiger partial charge in [0.2, 0.25) is 0 Å². The summed E-state index contributed by atoms with van der Waals surface area (Å²) in [6.07, 6.45) is 8.56. The van der Waals surface area contributed by atoms with Crippen LogP contribution in [0.2, 0.25) is 0 Å². The highest BCUT2D eigenvalue weighted by Gasteiger charge is 2.22. The van der Waals surface area contributed by atoms with Gasteiger partial charge in [-0.2, -0.15) is 0 Å². The molecule has 106 valence electrons. The Labute approximate surface area is 121 Å². The highest BCUT2D eigenvalue weighted by molar-refractivity contribution is 5.74. The van der Waals surface area contributed by atoms with E-state index < -0.39 is 0 Å². The first-order valence-electron chi connectivity index (χ1n) is 7.12. The summed E-state index contributed by atoms with van der Waals surface area (Å²) in [7, 11) is 0. The van der Waals surface area contributed by atoms with Gasteiger partial charge in [0.25, 0.3) is 0 Å². The zero-order valence-corrected chi connectivity index (χ0v) is 12.0. The van der Waals surface area contributed by atoms with Crippen molar-refractivity contribution in [1.29, 1.82) is 0 Å². The lowest BCUT2D eigenvalue weighted by atomic mass is 10.0. The third-order valence-corrected chi connectivity index (χ3v) is 3.43. The van der Waals surface area contributed by atoms with Crippen LogP contribution in [0.3, 0.4) is 0 Å². The van der Waals surface area contributed by atoms with Crippen LogP contribution in [-0.2, 0) is 4.74 Å². The van der Waals surface area contributed by atoms with E-state index in [2.05, 4.69) is 36.9 Å². The Balaban J connectivity index is 2.00. The molecular weight excluding hydrogens is 248 g/mol. The second kappa shape index (κ2) is 7.11. The Hall–Kier alpha value is -1.80. The van der Waals surface area contributed by atoms with Crippen LogP contribution in [0.4, 0.5) is 0 Å². The first-order chi connectivity index (χ1) is 9.74. The predicted octanol–water partition coefficient (Wildman–Crippen LogP) is 4.05. The zero-order valence-electron chi connectivity index (χ0n) is 12.0. The van der Waals surface area contributed by atoms with Crippen LogP contribution in [-0.4, -0.2) is 18.3 Å². The standard InChI is InChI=1S/C18H22O2/c1-3-15(5-4-14(2)20-13-12-19)16-6-8-17(9-7-16)18-10-11-18/h3-9,18-19H,2,10-13H2,1H3/b5-4-,15-3+. The van der Waals surface area contributed by atoms with E-state index in [4.69, 9.17) is 9.84 Å². The van der Waals surface area contributed by atoms with E-state index in [9.17, 15) is 0 Å². The topological polar surface area (TPSA) is 29.5 Å². The summed E-state index contributed by atoms with van der Waals surface area (Å²) in [5.41, 5.74) is 3.79. The molecule has 2 heteroatoms. The summed E-state index contributed by atoms with van der Waals surface area (Å²) in [5, 5.41) is 8.69.